The molecule has 1 unspecified atom stereocenters. The summed E-state index contributed by atoms with van der Waals surface area (Å²) in [6.07, 6.45) is 8.60. The minimum absolute atomic E-state index is 0.280. The highest BCUT2D eigenvalue weighted by molar-refractivity contribution is 5.78. The number of imidazole rings is 1. The third-order valence-electron chi connectivity index (χ3n) is 4.56. The molecule has 1 atom stereocenters. The highest BCUT2D eigenvalue weighted by Crippen LogP contribution is 2.26. The molecule has 20 heavy (non-hydrogen) atoms. The van der Waals surface area contributed by atoms with Gasteiger partial charge in [-0.1, -0.05) is 0 Å². The summed E-state index contributed by atoms with van der Waals surface area (Å²) < 4.78 is 2.21. The number of hydrogen-bond acceptors (Lipinski definition) is 3. The van der Waals surface area contributed by atoms with Gasteiger partial charge in [-0.05, 0) is 39.7 Å². The van der Waals surface area contributed by atoms with Crippen molar-refractivity contribution in [1.82, 2.24) is 19.4 Å². The summed E-state index contributed by atoms with van der Waals surface area (Å²) in [7, 11) is 2.07. The molecule has 1 saturated heterocycles. The number of piperidine rings is 1. The Morgan fingerprint density at radius 3 is 2.90 bits per heavy atom. The molecule has 1 amide bonds. The molecule has 2 heterocycles. The van der Waals surface area contributed by atoms with Gasteiger partial charge in [0.1, 0.15) is 5.82 Å². The molecule has 3 rings (SSSR count). The molecule has 1 aromatic heterocycles. The van der Waals surface area contributed by atoms with E-state index in [2.05, 4.69) is 21.5 Å². The number of nitrogens with zero attached hydrogens (tertiary/aromatic N) is 4. The smallest absolute Gasteiger partial charge is 0.236 e. The van der Waals surface area contributed by atoms with Crippen LogP contribution in [0.1, 0.15) is 37.5 Å². The molecule has 1 aliphatic carbocycles. The van der Waals surface area contributed by atoms with Crippen LogP contribution in [0.15, 0.2) is 12.4 Å². The molecule has 0 bridgehead atoms. The van der Waals surface area contributed by atoms with Crippen LogP contribution in [0.2, 0.25) is 0 Å². The van der Waals surface area contributed by atoms with Crippen LogP contribution < -0.4 is 0 Å². The largest absolute Gasteiger partial charge is 0.340 e. The van der Waals surface area contributed by atoms with Crippen LogP contribution in [-0.2, 0) is 4.79 Å². The van der Waals surface area contributed by atoms with E-state index in [1.165, 1.54) is 12.8 Å². The molecular formula is C15H24N4O. The Hall–Kier alpha value is -1.36. The average Bonchev–Trinajstić information content (AvgIpc) is 3.21. The topological polar surface area (TPSA) is 41.4 Å². The van der Waals surface area contributed by atoms with Crippen molar-refractivity contribution >= 4 is 5.91 Å². The zero-order chi connectivity index (χ0) is 14.1. The zero-order valence-corrected chi connectivity index (χ0v) is 12.5. The molecule has 1 saturated carbocycles. The van der Waals surface area contributed by atoms with Gasteiger partial charge in [0.15, 0.2) is 0 Å². The van der Waals surface area contributed by atoms with Crippen molar-refractivity contribution in [3.8, 4) is 0 Å². The Labute approximate surface area is 120 Å². The van der Waals surface area contributed by atoms with Crippen LogP contribution in [0.4, 0.5) is 0 Å². The Morgan fingerprint density at radius 1 is 1.45 bits per heavy atom. The van der Waals surface area contributed by atoms with Crippen molar-refractivity contribution in [2.45, 2.75) is 44.7 Å². The monoisotopic (exact) mass is 276 g/mol. The summed E-state index contributed by atoms with van der Waals surface area (Å²) in [4.78, 5) is 20.9. The van der Waals surface area contributed by atoms with E-state index < -0.39 is 0 Å². The van der Waals surface area contributed by atoms with Gasteiger partial charge in [-0.2, -0.15) is 0 Å². The fraction of sp³-hybridized carbons (Fsp3) is 0.733. The molecule has 5 nitrogen and oxygen atoms in total. The minimum Gasteiger partial charge on any atom is -0.340 e. The van der Waals surface area contributed by atoms with E-state index in [0.29, 0.717) is 18.6 Å². The van der Waals surface area contributed by atoms with Crippen LogP contribution in [0, 0.1) is 6.92 Å². The lowest BCUT2D eigenvalue weighted by Crippen LogP contribution is -2.45. The maximum absolute atomic E-state index is 12.4. The summed E-state index contributed by atoms with van der Waals surface area (Å²) >= 11 is 0. The van der Waals surface area contributed by atoms with Gasteiger partial charge in [0.2, 0.25) is 5.91 Å². The predicted molar refractivity (Wildman–Crippen MR) is 77.5 cm³/mol. The molecule has 2 fully saturated rings. The van der Waals surface area contributed by atoms with E-state index in [4.69, 9.17) is 0 Å². The van der Waals surface area contributed by atoms with Crippen molar-refractivity contribution in [2.75, 3.05) is 26.7 Å². The SMILES string of the molecule is Cc1nccn1C1CCCN(C(=O)CN(C)C2CC2)C1. The van der Waals surface area contributed by atoms with E-state index in [1.807, 2.05) is 24.2 Å². The summed E-state index contributed by atoms with van der Waals surface area (Å²) in [6.45, 7) is 4.33. The molecular weight excluding hydrogens is 252 g/mol. The Balaban J connectivity index is 1.59. The molecule has 0 aromatic carbocycles. The van der Waals surface area contributed by atoms with Gasteiger partial charge >= 0.3 is 0 Å². The minimum atomic E-state index is 0.280. The lowest BCUT2D eigenvalue weighted by atomic mass is 10.1. The van der Waals surface area contributed by atoms with Crippen molar-refractivity contribution in [3.05, 3.63) is 18.2 Å². The van der Waals surface area contributed by atoms with Gasteiger partial charge in [0, 0.05) is 31.5 Å². The molecule has 0 spiro atoms. The van der Waals surface area contributed by atoms with Crippen LogP contribution in [0.5, 0.6) is 0 Å². The zero-order valence-electron chi connectivity index (χ0n) is 12.5. The second-order valence-electron chi connectivity index (χ2n) is 6.16. The number of likely N-dealkylation sites (tertiary alicyclic amines) is 1. The molecule has 5 heteroatoms. The normalized spacial score (nSPS) is 23.4. The van der Waals surface area contributed by atoms with Gasteiger partial charge in [-0.3, -0.25) is 9.69 Å². The summed E-state index contributed by atoms with van der Waals surface area (Å²) in [5, 5.41) is 0. The van der Waals surface area contributed by atoms with Crippen LogP contribution in [-0.4, -0.2) is 58.0 Å². The molecule has 110 valence electrons. The maximum Gasteiger partial charge on any atom is 0.236 e. The molecule has 0 N–H and O–H groups in total. The lowest BCUT2D eigenvalue weighted by Gasteiger charge is -2.34. The summed E-state index contributed by atoms with van der Waals surface area (Å²) in [5.74, 6) is 1.32. The number of rotatable bonds is 4. The number of amides is 1. The van der Waals surface area contributed by atoms with Gasteiger partial charge in [0.05, 0.1) is 12.6 Å². The van der Waals surface area contributed by atoms with E-state index in [0.717, 1.165) is 31.8 Å². The van der Waals surface area contributed by atoms with Crippen LogP contribution in [0.3, 0.4) is 0 Å². The van der Waals surface area contributed by atoms with Gasteiger partial charge in [-0.25, -0.2) is 4.98 Å². The van der Waals surface area contributed by atoms with Crippen LogP contribution in [0.25, 0.3) is 0 Å². The predicted octanol–water partition coefficient (Wildman–Crippen LogP) is 1.45. The average molecular weight is 276 g/mol. The Bertz CT molecular complexity index is 480. The second kappa shape index (κ2) is 5.56. The van der Waals surface area contributed by atoms with Crippen molar-refractivity contribution in [2.24, 2.45) is 0 Å². The highest BCUT2D eigenvalue weighted by Gasteiger charge is 2.30. The quantitative estimate of drug-likeness (QED) is 0.836. The van der Waals surface area contributed by atoms with Crippen LogP contribution >= 0.6 is 0 Å². The lowest BCUT2D eigenvalue weighted by molar-refractivity contribution is -0.133. The van der Waals surface area contributed by atoms with E-state index in [-0.39, 0.29) is 5.91 Å². The first-order valence-electron chi connectivity index (χ1n) is 7.62. The third kappa shape index (κ3) is 2.87. The van der Waals surface area contributed by atoms with E-state index >= 15 is 0 Å². The summed E-state index contributed by atoms with van der Waals surface area (Å²) in [5.41, 5.74) is 0. The third-order valence-corrected chi connectivity index (χ3v) is 4.56. The summed E-state index contributed by atoms with van der Waals surface area (Å²) in [6, 6.07) is 1.04. The first-order valence-corrected chi connectivity index (χ1v) is 7.62. The number of carbonyl (C=O) groups is 1. The molecule has 1 aromatic rings. The fourth-order valence-corrected chi connectivity index (χ4v) is 3.14. The molecule has 1 aliphatic heterocycles. The van der Waals surface area contributed by atoms with Crippen molar-refractivity contribution < 1.29 is 4.79 Å². The van der Waals surface area contributed by atoms with Gasteiger partial charge < -0.3 is 9.47 Å². The van der Waals surface area contributed by atoms with Crippen molar-refractivity contribution in [3.63, 3.8) is 0 Å². The number of hydrogen-bond donors (Lipinski definition) is 0. The number of aryl methyl sites for hydroxylation is 1. The first-order chi connectivity index (χ1) is 9.65. The molecule has 0 radical (unpaired) electrons. The Kier molecular flexibility index (Phi) is 3.78. The van der Waals surface area contributed by atoms with Gasteiger partial charge in [0.25, 0.3) is 0 Å². The molecule has 2 aliphatic rings. The van der Waals surface area contributed by atoms with Gasteiger partial charge in [-0.15, -0.1) is 0 Å². The highest BCUT2D eigenvalue weighted by atomic mass is 16.2. The standard InChI is InChI=1S/C15H24N4O/c1-12-16-7-9-19(12)14-4-3-8-18(10-14)15(20)11-17(2)13-5-6-13/h7,9,13-14H,3-6,8,10-11H2,1-2H3. The number of aromatic nitrogens is 2. The maximum atomic E-state index is 12.4. The second-order valence-corrected chi connectivity index (χ2v) is 6.16. The number of likely N-dealkylation sites (N-methyl/N-ethyl adjacent to an activating group) is 1. The number of carbonyl (C=O) groups excluding carboxylic acids is 1. The first kappa shape index (κ1) is 13.6. The van der Waals surface area contributed by atoms with Crippen molar-refractivity contribution in [1.29, 1.82) is 0 Å². The Morgan fingerprint density at radius 2 is 2.25 bits per heavy atom. The fourth-order valence-electron chi connectivity index (χ4n) is 3.14. The van der Waals surface area contributed by atoms with E-state index in [9.17, 15) is 4.79 Å². The van der Waals surface area contributed by atoms with E-state index in [1.54, 1.807) is 0 Å².